The molecule has 1 rings (SSSR count). The molecule has 20 heavy (non-hydrogen) atoms. The maximum absolute atomic E-state index is 10.6. The number of phenolic OH excluding ortho intramolecular Hbond substituents is 1. The molecule has 0 aliphatic carbocycles. The first-order valence-corrected chi connectivity index (χ1v) is 6.84. The lowest BCUT2D eigenvalue weighted by molar-refractivity contribution is 0.142. The molecule has 1 aromatic rings. The molecule has 0 aliphatic rings. The number of rotatable bonds is 7. The highest BCUT2D eigenvalue weighted by Crippen LogP contribution is 2.40. The molecule has 0 radical (unpaired) electrons. The summed E-state index contributed by atoms with van der Waals surface area (Å²) in [6.45, 7) is 6.26. The first kappa shape index (κ1) is 16.1. The summed E-state index contributed by atoms with van der Waals surface area (Å²) in [5, 5.41) is 18.7. The van der Waals surface area contributed by atoms with Crippen LogP contribution >= 0.6 is 0 Å². The molecule has 0 unspecified atom stereocenters. The molecule has 0 saturated heterocycles. The van der Waals surface area contributed by atoms with Crippen LogP contribution in [-0.2, 0) is 0 Å². The first-order valence-electron chi connectivity index (χ1n) is 6.84. The van der Waals surface area contributed by atoms with Gasteiger partial charge in [-0.2, -0.15) is 0 Å². The number of aromatic hydroxyl groups is 1. The van der Waals surface area contributed by atoms with E-state index in [4.69, 9.17) is 9.84 Å². The number of benzene rings is 1. The summed E-state index contributed by atoms with van der Waals surface area (Å²) >= 11 is 0. The monoisotopic (exact) mass is 282 g/mol. The molecule has 0 heterocycles. The van der Waals surface area contributed by atoms with Gasteiger partial charge in [-0.25, -0.2) is 4.79 Å². The van der Waals surface area contributed by atoms with Gasteiger partial charge in [0.05, 0.1) is 6.61 Å². The van der Waals surface area contributed by atoms with Crippen molar-refractivity contribution in [3.05, 3.63) is 17.2 Å². The van der Waals surface area contributed by atoms with Crippen LogP contribution in [0.4, 0.5) is 4.79 Å². The normalized spacial score (nSPS) is 10.3. The van der Waals surface area contributed by atoms with Gasteiger partial charge in [0.25, 0.3) is 0 Å². The third kappa shape index (κ3) is 4.33. The molecular weight excluding hydrogens is 260 g/mol. The predicted octanol–water partition coefficient (Wildman–Crippen LogP) is 4.02. The van der Waals surface area contributed by atoms with Crippen molar-refractivity contribution in [3.8, 4) is 17.2 Å². The van der Waals surface area contributed by atoms with Crippen molar-refractivity contribution < 1.29 is 24.5 Å². The van der Waals surface area contributed by atoms with E-state index in [1.165, 1.54) is 6.07 Å². The van der Waals surface area contributed by atoms with E-state index in [1.54, 1.807) is 0 Å². The largest absolute Gasteiger partial charge is 0.511 e. The minimum atomic E-state index is -1.46. The Morgan fingerprint density at radius 1 is 1.25 bits per heavy atom. The van der Waals surface area contributed by atoms with Gasteiger partial charge in [-0.15, -0.1) is 0 Å². The van der Waals surface area contributed by atoms with Gasteiger partial charge in [-0.1, -0.05) is 26.2 Å². The predicted molar refractivity (Wildman–Crippen MR) is 75.9 cm³/mol. The Morgan fingerprint density at radius 2 is 1.95 bits per heavy atom. The molecule has 0 aromatic heterocycles. The molecule has 0 bridgehead atoms. The zero-order valence-corrected chi connectivity index (χ0v) is 12.2. The third-order valence-corrected chi connectivity index (χ3v) is 3.17. The smallest absolute Gasteiger partial charge is 0.502 e. The molecule has 0 saturated carbocycles. The lowest BCUT2D eigenvalue weighted by Gasteiger charge is -2.15. The van der Waals surface area contributed by atoms with Crippen molar-refractivity contribution >= 4 is 6.16 Å². The molecule has 0 spiro atoms. The second-order valence-corrected chi connectivity index (χ2v) is 4.77. The van der Waals surface area contributed by atoms with E-state index < -0.39 is 6.16 Å². The standard InChI is InChI=1S/C15H22O5/c1-4-5-6-7-8-19-14-11(3)10(2)9-12(13(14)16)20-15(17)18/h9,16H,4-8H2,1-3H3,(H,17,18). The van der Waals surface area contributed by atoms with Gasteiger partial charge in [0, 0.05) is 0 Å². The fraction of sp³-hybridized carbons (Fsp3) is 0.533. The fourth-order valence-electron chi connectivity index (χ4n) is 1.89. The van der Waals surface area contributed by atoms with E-state index >= 15 is 0 Å². The van der Waals surface area contributed by atoms with Crippen LogP contribution in [-0.4, -0.2) is 23.0 Å². The number of unbranched alkanes of at least 4 members (excludes halogenated alkanes) is 3. The van der Waals surface area contributed by atoms with Gasteiger partial charge < -0.3 is 19.7 Å². The molecular formula is C15H22O5. The Morgan fingerprint density at radius 3 is 2.55 bits per heavy atom. The minimum Gasteiger partial charge on any atom is -0.502 e. The average molecular weight is 282 g/mol. The summed E-state index contributed by atoms with van der Waals surface area (Å²) in [7, 11) is 0. The molecule has 5 heteroatoms. The number of ether oxygens (including phenoxy) is 2. The van der Waals surface area contributed by atoms with Crippen molar-refractivity contribution in [2.24, 2.45) is 0 Å². The maximum Gasteiger partial charge on any atom is 0.511 e. The number of aryl methyl sites for hydroxylation is 1. The highest BCUT2D eigenvalue weighted by molar-refractivity contribution is 5.66. The zero-order chi connectivity index (χ0) is 15.1. The highest BCUT2D eigenvalue weighted by atomic mass is 16.7. The average Bonchev–Trinajstić information content (AvgIpc) is 2.38. The second-order valence-electron chi connectivity index (χ2n) is 4.77. The number of phenols is 1. The van der Waals surface area contributed by atoms with Crippen LogP contribution in [0.1, 0.15) is 43.7 Å². The van der Waals surface area contributed by atoms with E-state index in [9.17, 15) is 9.90 Å². The Kier molecular flexibility index (Phi) is 6.15. The molecule has 1 aromatic carbocycles. The molecule has 0 fully saturated rings. The van der Waals surface area contributed by atoms with Crippen molar-refractivity contribution in [1.82, 2.24) is 0 Å². The quantitative estimate of drug-likeness (QED) is 0.448. The van der Waals surface area contributed by atoms with E-state index in [0.717, 1.165) is 36.8 Å². The lowest BCUT2D eigenvalue weighted by Crippen LogP contribution is -2.06. The van der Waals surface area contributed by atoms with Crippen LogP contribution in [0, 0.1) is 13.8 Å². The van der Waals surface area contributed by atoms with Crippen LogP contribution < -0.4 is 9.47 Å². The van der Waals surface area contributed by atoms with Crippen LogP contribution in [0.5, 0.6) is 17.2 Å². The lowest BCUT2D eigenvalue weighted by atomic mass is 10.1. The Labute approximate surface area is 119 Å². The third-order valence-electron chi connectivity index (χ3n) is 3.17. The molecule has 0 atom stereocenters. The summed E-state index contributed by atoms with van der Waals surface area (Å²) in [6.07, 6.45) is 2.80. The van der Waals surface area contributed by atoms with Gasteiger partial charge in [0.2, 0.25) is 5.75 Å². The number of hydrogen-bond acceptors (Lipinski definition) is 4. The van der Waals surface area contributed by atoms with Crippen molar-refractivity contribution in [1.29, 1.82) is 0 Å². The summed E-state index contributed by atoms with van der Waals surface area (Å²) < 4.78 is 10.1. The summed E-state index contributed by atoms with van der Waals surface area (Å²) in [5.41, 5.74) is 1.60. The van der Waals surface area contributed by atoms with Gasteiger partial charge in [-0.05, 0) is 37.5 Å². The van der Waals surface area contributed by atoms with Crippen LogP contribution in [0.15, 0.2) is 6.07 Å². The van der Waals surface area contributed by atoms with Crippen LogP contribution in [0.2, 0.25) is 0 Å². The van der Waals surface area contributed by atoms with E-state index in [2.05, 4.69) is 11.7 Å². The topological polar surface area (TPSA) is 76.0 Å². The fourth-order valence-corrected chi connectivity index (χ4v) is 1.89. The SMILES string of the molecule is CCCCCCOc1c(C)c(C)cc(OC(=O)O)c1O. The minimum absolute atomic E-state index is 0.0934. The van der Waals surface area contributed by atoms with Crippen molar-refractivity contribution in [3.63, 3.8) is 0 Å². The van der Waals surface area contributed by atoms with E-state index in [-0.39, 0.29) is 11.5 Å². The number of carboxylic acid groups (broad SMARTS) is 1. The molecule has 2 N–H and O–H groups in total. The van der Waals surface area contributed by atoms with Gasteiger partial charge >= 0.3 is 6.16 Å². The molecule has 112 valence electrons. The van der Waals surface area contributed by atoms with Gasteiger partial charge in [0.1, 0.15) is 0 Å². The zero-order valence-electron chi connectivity index (χ0n) is 12.2. The Balaban J connectivity index is 2.82. The van der Waals surface area contributed by atoms with Gasteiger partial charge in [0.15, 0.2) is 11.5 Å². The Bertz CT molecular complexity index is 468. The molecule has 5 nitrogen and oxygen atoms in total. The maximum atomic E-state index is 10.6. The molecule has 0 aliphatic heterocycles. The van der Waals surface area contributed by atoms with Crippen molar-refractivity contribution in [2.75, 3.05) is 6.61 Å². The summed E-state index contributed by atoms with van der Waals surface area (Å²) in [5.74, 6) is -0.0482. The first-order chi connectivity index (χ1) is 9.47. The van der Waals surface area contributed by atoms with Gasteiger partial charge in [-0.3, -0.25) is 0 Å². The second kappa shape index (κ2) is 7.62. The van der Waals surface area contributed by atoms with Crippen LogP contribution in [0.3, 0.4) is 0 Å². The molecule has 0 amide bonds. The van der Waals surface area contributed by atoms with Crippen LogP contribution in [0.25, 0.3) is 0 Å². The van der Waals surface area contributed by atoms with E-state index in [1.807, 2.05) is 13.8 Å². The number of hydrogen-bond donors (Lipinski definition) is 2. The highest BCUT2D eigenvalue weighted by Gasteiger charge is 2.17. The summed E-state index contributed by atoms with van der Waals surface area (Å²) in [4.78, 5) is 10.6. The number of carbonyl (C=O) groups is 1. The Hall–Kier alpha value is -1.91. The van der Waals surface area contributed by atoms with Crippen molar-refractivity contribution in [2.45, 2.75) is 46.5 Å². The summed E-state index contributed by atoms with van der Waals surface area (Å²) in [6, 6.07) is 1.49. The van der Waals surface area contributed by atoms with E-state index in [0.29, 0.717) is 12.4 Å².